The Balaban J connectivity index is 1.52. The van der Waals surface area contributed by atoms with Gasteiger partial charge in [0.2, 0.25) is 11.9 Å². The molecule has 0 saturated carbocycles. The van der Waals surface area contributed by atoms with Crippen LogP contribution in [0.15, 0.2) is 47.6 Å². The number of anilines is 1. The van der Waals surface area contributed by atoms with Crippen LogP contribution in [0.5, 0.6) is 0 Å². The third-order valence-electron chi connectivity index (χ3n) is 5.92. The highest BCUT2D eigenvalue weighted by Gasteiger charge is 2.23. The van der Waals surface area contributed by atoms with Crippen LogP contribution in [0.3, 0.4) is 0 Å². The van der Waals surface area contributed by atoms with Crippen molar-refractivity contribution < 1.29 is 9.53 Å². The van der Waals surface area contributed by atoms with E-state index < -0.39 is 0 Å². The number of hydrogen-bond acceptors (Lipinski definition) is 6. The van der Waals surface area contributed by atoms with Crippen molar-refractivity contribution in [3.8, 4) is 5.69 Å². The molecule has 0 atom stereocenters. The minimum Gasteiger partial charge on any atom is -0.378 e. The molecule has 4 rings (SSSR count). The molecule has 0 bridgehead atoms. The molecule has 2 aromatic carbocycles. The van der Waals surface area contributed by atoms with Gasteiger partial charge in [-0.2, -0.15) is 0 Å². The highest BCUT2D eigenvalue weighted by Crippen LogP contribution is 2.29. The van der Waals surface area contributed by atoms with Gasteiger partial charge in [-0.25, -0.2) is 0 Å². The standard InChI is InChI=1S/C25H31N5O2S/c1-18-9-10-21(20(3)15-18)16-28(4)23(31)17-33-25-27-26-24(29-11-13-32-14-12-29)30(25)22-8-6-5-7-19(22)2/h5-10,15H,11-14,16-17H2,1-4H3. The number of amides is 1. The predicted octanol–water partition coefficient (Wildman–Crippen LogP) is 3.78. The number of benzene rings is 2. The van der Waals surface area contributed by atoms with E-state index >= 15 is 0 Å². The molecule has 174 valence electrons. The first kappa shape index (κ1) is 23.3. The molecule has 33 heavy (non-hydrogen) atoms. The Morgan fingerprint density at radius 3 is 2.55 bits per heavy atom. The molecule has 0 radical (unpaired) electrons. The predicted molar refractivity (Wildman–Crippen MR) is 132 cm³/mol. The van der Waals surface area contributed by atoms with Gasteiger partial charge in [0.15, 0.2) is 5.16 Å². The third kappa shape index (κ3) is 5.39. The van der Waals surface area contributed by atoms with Gasteiger partial charge >= 0.3 is 0 Å². The van der Waals surface area contributed by atoms with E-state index in [0.717, 1.165) is 35.4 Å². The van der Waals surface area contributed by atoms with Crippen molar-refractivity contribution in [3.63, 3.8) is 0 Å². The summed E-state index contributed by atoms with van der Waals surface area (Å²) in [6, 6.07) is 14.5. The molecule has 0 unspecified atom stereocenters. The molecular formula is C25H31N5O2S. The number of aromatic nitrogens is 3. The minimum atomic E-state index is 0.0623. The second kappa shape index (κ2) is 10.4. The van der Waals surface area contributed by atoms with Crippen LogP contribution < -0.4 is 4.90 Å². The molecule has 0 spiro atoms. The highest BCUT2D eigenvalue weighted by molar-refractivity contribution is 7.99. The summed E-state index contributed by atoms with van der Waals surface area (Å²) in [7, 11) is 1.85. The second-order valence-corrected chi connectivity index (χ2v) is 9.41. The lowest BCUT2D eigenvalue weighted by Gasteiger charge is -2.28. The third-order valence-corrected chi connectivity index (χ3v) is 6.84. The summed E-state index contributed by atoms with van der Waals surface area (Å²) in [5.74, 6) is 1.16. The summed E-state index contributed by atoms with van der Waals surface area (Å²) in [5, 5.41) is 9.70. The van der Waals surface area contributed by atoms with Gasteiger partial charge in [0.05, 0.1) is 24.7 Å². The maximum atomic E-state index is 12.9. The zero-order chi connectivity index (χ0) is 23.4. The minimum absolute atomic E-state index is 0.0623. The molecule has 1 amide bonds. The number of thioether (sulfide) groups is 1. The van der Waals surface area contributed by atoms with Gasteiger partial charge in [0.25, 0.3) is 0 Å². The molecule has 1 saturated heterocycles. The van der Waals surface area contributed by atoms with Crippen LogP contribution in [-0.2, 0) is 16.1 Å². The molecule has 1 aliphatic heterocycles. The molecule has 1 aliphatic rings. The fraction of sp³-hybridized carbons (Fsp3) is 0.400. The quantitative estimate of drug-likeness (QED) is 0.495. The summed E-state index contributed by atoms with van der Waals surface area (Å²) in [4.78, 5) is 16.9. The fourth-order valence-corrected chi connectivity index (χ4v) is 4.83. The monoisotopic (exact) mass is 465 g/mol. The van der Waals surface area contributed by atoms with Crippen LogP contribution in [-0.4, -0.2) is 64.7 Å². The van der Waals surface area contributed by atoms with E-state index in [1.165, 1.54) is 28.5 Å². The summed E-state index contributed by atoms with van der Waals surface area (Å²) in [6.07, 6.45) is 0. The first-order chi connectivity index (χ1) is 15.9. The van der Waals surface area contributed by atoms with Gasteiger partial charge < -0.3 is 14.5 Å². The van der Waals surface area contributed by atoms with E-state index in [-0.39, 0.29) is 5.91 Å². The Morgan fingerprint density at radius 1 is 1.06 bits per heavy atom. The van der Waals surface area contributed by atoms with Crippen LogP contribution >= 0.6 is 11.8 Å². The maximum absolute atomic E-state index is 12.9. The molecule has 0 N–H and O–H groups in total. The molecule has 1 fully saturated rings. The Bertz CT molecular complexity index is 1120. The average Bonchev–Trinajstić information content (AvgIpc) is 3.23. The number of aryl methyl sites for hydroxylation is 3. The van der Waals surface area contributed by atoms with E-state index in [0.29, 0.717) is 25.5 Å². The normalized spacial score (nSPS) is 13.9. The lowest BCUT2D eigenvalue weighted by molar-refractivity contribution is -0.127. The van der Waals surface area contributed by atoms with E-state index in [4.69, 9.17) is 4.74 Å². The number of hydrogen-bond donors (Lipinski definition) is 0. The van der Waals surface area contributed by atoms with Crippen molar-refractivity contribution in [3.05, 3.63) is 64.7 Å². The largest absolute Gasteiger partial charge is 0.378 e. The smallest absolute Gasteiger partial charge is 0.233 e. The first-order valence-corrected chi connectivity index (χ1v) is 12.2. The van der Waals surface area contributed by atoms with Crippen molar-refractivity contribution >= 4 is 23.6 Å². The SMILES string of the molecule is Cc1ccc(CN(C)C(=O)CSc2nnc(N3CCOCC3)n2-c2ccccc2C)c(C)c1. The van der Waals surface area contributed by atoms with Crippen LogP contribution in [0.25, 0.3) is 5.69 Å². The van der Waals surface area contributed by atoms with Crippen molar-refractivity contribution in [1.29, 1.82) is 0 Å². The van der Waals surface area contributed by atoms with Crippen LogP contribution in [0.1, 0.15) is 22.3 Å². The number of carbonyl (C=O) groups excluding carboxylic acids is 1. The van der Waals surface area contributed by atoms with Crippen LogP contribution in [0.2, 0.25) is 0 Å². The Hall–Kier alpha value is -2.84. The number of para-hydroxylation sites is 1. The van der Waals surface area contributed by atoms with Gasteiger partial charge in [-0.15, -0.1) is 10.2 Å². The molecule has 1 aromatic heterocycles. The van der Waals surface area contributed by atoms with Crippen LogP contribution in [0, 0.1) is 20.8 Å². The summed E-state index contributed by atoms with van der Waals surface area (Å²) < 4.78 is 7.58. The highest BCUT2D eigenvalue weighted by atomic mass is 32.2. The molecule has 3 aromatic rings. The number of ether oxygens (including phenoxy) is 1. The number of nitrogens with zero attached hydrogens (tertiary/aromatic N) is 5. The van der Waals surface area contributed by atoms with E-state index in [2.05, 4.69) is 70.8 Å². The molecule has 8 heteroatoms. The molecule has 7 nitrogen and oxygen atoms in total. The van der Waals surface area contributed by atoms with E-state index in [9.17, 15) is 4.79 Å². The summed E-state index contributed by atoms with van der Waals surface area (Å²) in [6.45, 7) is 9.73. The van der Waals surface area contributed by atoms with Gasteiger partial charge in [-0.05, 0) is 43.5 Å². The number of rotatable bonds is 7. The molecule has 0 aliphatic carbocycles. The van der Waals surface area contributed by atoms with E-state index in [1.54, 1.807) is 4.90 Å². The van der Waals surface area contributed by atoms with E-state index in [1.807, 2.05) is 19.2 Å². The summed E-state index contributed by atoms with van der Waals surface area (Å²) >= 11 is 1.43. The van der Waals surface area contributed by atoms with Crippen molar-refractivity contribution in [2.24, 2.45) is 0 Å². The van der Waals surface area contributed by atoms with Gasteiger partial charge in [0.1, 0.15) is 0 Å². The molecule has 2 heterocycles. The maximum Gasteiger partial charge on any atom is 0.233 e. The Kier molecular flexibility index (Phi) is 7.35. The van der Waals surface area contributed by atoms with Gasteiger partial charge in [-0.3, -0.25) is 9.36 Å². The lowest BCUT2D eigenvalue weighted by Crippen LogP contribution is -2.38. The topological polar surface area (TPSA) is 63.5 Å². The Morgan fingerprint density at radius 2 is 1.82 bits per heavy atom. The molecular weight excluding hydrogens is 434 g/mol. The van der Waals surface area contributed by atoms with Crippen molar-refractivity contribution in [1.82, 2.24) is 19.7 Å². The lowest BCUT2D eigenvalue weighted by atomic mass is 10.1. The van der Waals surface area contributed by atoms with Crippen molar-refractivity contribution in [2.45, 2.75) is 32.5 Å². The van der Waals surface area contributed by atoms with Gasteiger partial charge in [0, 0.05) is 26.7 Å². The zero-order valence-corrected chi connectivity index (χ0v) is 20.6. The number of carbonyl (C=O) groups is 1. The fourth-order valence-electron chi connectivity index (χ4n) is 3.95. The Labute approximate surface area is 199 Å². The summed E-state index contributed by atoms with van der Waals surface area (Å²) in [5.41, 5.74) is 5.76. The number of morpholine rings is 1. The average molecular weight is 466 g/mol. The van der Waals surface area contributed by atoms with Crippen LogP contribution in [0.4, 0.5) is 5.95 Å². The van der Waals surface area contributed by atoms with Gasteiger partial charge in [-0.1, -0.05) is 53.7 Å². The second-order valence-electron chi connectivity index (χ2n) is 8.47. The zero-order valence-electron chi connectivity index (χ0n) is 19.7. The first-order valence-electron chi connectivity index (χ1n) is 11.2. The van der Waals surface area contributed by atoms with Crippen molar-refractivity contribution in [2.75, 3.05) is 44.0 Å².